The number of aromatic nitrogens is 3. The third-order valence-corrected chi connectivity index (χ3v) is 5.37. The summed E-state index contributed by atoms with van der Waals surface area (Å²) in [4.78, 5) is 18.6. The summed E-state index contributed by atoms with van der Waals surface area (Å²) in [5.74, 6) is 0.589. The van der Waals surface area contributed by atoms with Crippen molar-refractivity contribution in [2.75, 3.05) is 0 Å². The van der Waals surface area contributed by atoms with Crippen molar-refractivity contribution in [3.8, 4) is 16.3 Å². The van der Waals surface area contributed by atoms with E-state index in [2.05, 4.69) is 15.4 Å². The number of pyridine rings is 1. The Morgan fingerprint density at radius 1 is 1.07 bits per heavy atom. The number of amides is 1. The zero-order chi connectivity index (χ0) is 18.6. The number of hydrogen-bond donors (Lipinski definition) is 1. The molecule has 7 heteroatoms. The van der Waals surface area contributed by atoms with Gasteiger partial charge in [-0.2, -0.15) is 5.10 Å². The Bertz CT molecular complexity index is 1060. The maximum absolute atomic E-state index is 12.5. The van der Waals surface area contributed by atoms with Crippen LogP contribution in [0, 0.1) is 0 Å². The van der Waals surface area contributed by atoms with Gasteiger partial charge in [-0.1, -0.05) is 29.8 Å². The molecule has 0 saturated heterocycles. The molecule has 3 heterocycles. The van der Waals surface area contributed by atoms with E-state index < -0.39 is 0 Å². The highest BCUT2D eigenvalue weighted by Gasteiger charge is 2.12. The average Bonchev–Trinajstić information content (AvgIpc) is 3.39. The second-order valence-electron chi connectivity index (χ2n) is 5.79. The summed E-state index contributed by atoms with van der Waals surface area (Å²) in [6, 6.07) is 17.0. The summed E-state index contributed by atoms with van der Waals surface area (Å²) in [6.07, 6.45) is 5.23. The molecule has 27 heavy (non-hydrogen) atoms. The molecule has 0 aliphatic carbocycles. The van der Waals surface area contributed by atoms with Crippen LogP contribution in [0.15, 0.2) is 73.2 Å². The maximum atomic E-state index is 12.5. The van der Waals surface area contributed by atoms with Crippen LogP contribution in [-0.2, 0) is 6.54 Å². The van der Waals surface area contributed by atoms with Crippen molar-refractivity contribution >= 4 is 28.8 Å². The lowest BCUT2D eigenvalue weighted by Crippen LogP contribution is -2.23. The summed E-state index contributed by atoms with van der Waals surface area (Å²) >= 11 is 7.38. The SMILES string of the molecule is O=C(NCc1cccnc1-n1cccn1)c1ccc(-c2ccc(Cl)cc2)s1. The molecular formula is C20H15ClN4OS. The number of benzene rings is 1. The van der Waals surface area contributed by atoms with Crippen molar-refractivity contribution in [3.05, 3.63) is 88.7 Å². The van der Waals surface area contributed by atoms with E-state index in [0.29, 0.717) is 22.3 Å². The van der Waals surface area contributed by atoms with Crippen molar-refractivity contribution in [3.63, 3.8) is 0 Å². The fourth-order valence-electron chi connectivity index (χ4n) is 2.66. The van der Waals surface area contributed by atoms with Gasteiger partial charge >= 0.3 is 0 Å². The summed E-state index contributed by atoms with van der Waals surface area (Å²) in [5.41, 5.74) is 1.93. The molecule has 0 radical (unpaired) electrons. The second-order valence-corrected chi connectivity index (χ2v) is 7.31. The van der Waals surface area contributed by atoms with E-state index in [0.717, 1.165) is 16.0 Å². The lowest BCUT2D eigenvalue weighted by molar-refractivity contribution is 0.0955. The number of carbonyl (C=O) groups is 1. The Morgan fingerprint density at radius 2 is 1.93 bits per heavy atom. The monoisotopic (exact) mass is 394 g/mol. The van der Waals surface area contributed by atoms with E-state index in [1.807, 2.05) is 60.8 Å². The van der Waals surface area contributed by atoms with Gasteiger partial charge in [0.1, 0.15) is 0 Å². The molecule has 0 atom stereocenters. The fourth-order valence-corrected chi connectivity index (χ4v) is 3.71. The Hall–Kier alpha value is -2.96. The number of carbonyl (C=O) groups excluding carboxylic acids is 1. The van der Waals surface area contributed by atoms with Gasteiger partial charge in [-0.15, -0.1) is 11.3 Å². The molecule has 3 aromatic heterocycles. The lowest BCUT2D eigenvalue weighted by Gasteiger charge is -2.09. The Morgan fingerprint density at radius 3 is 2.70 bits per heavy atom. The van der Waals surface area contributed by atoms with E-state index in [1.165, 1.54) is 11.3 Å². The number of hydrogen-bond acceptors (Lipinski definition) is 4. The van der Waals surface area contributed by atoms with Gasteiger partial charge in [0, 0.05) is 40.6 Å². The van der Waals surface area contributed by atoms with Crippen LogP contribution in [0.3, 0.4) is 0 Å². The van der Waals surface area contributed by atoms with Gasteiger partial charge in [0.05, 0.1) is 4.88 Å². The second kappa shape index (κ2) is 7.73. The molecule has 1 N–H and O–H groups in total. The Balaban J connectivity index is 1.47. The van der Waals surface area contributed by atoms with Gasteiger partial charge in [-0.05, 0) is 42.0 Å². The van der Waals surface area contributed by atoms with E-state index in [9.17, 15) is 4.79 Å². The highest BCUT2D eigenvalue weighted by Crippen LogP contribution is 2.29. The van der Waals surface area contributed by atoms with Crippen LogP contribution in [0.2, 0.25) is 5.02 Å². The minimum Gasteiger partial charge on any atom is -0.347 e. The van der Waals surface area contributed by atoms with Crippen molar-refractivity contribution < 1.29 is 4.79 Å². The molecule has 0 unspecified atom stereocenters. The third-order valence-electron chi connectivity index (χ3n) is 3.99. The summed E-state index contributed by atoms with van der Waals surface area (Å²) in [7, 11) is 0. The van der Waals surface area contributed by atoms with Crippen LogP contribution >= 0.6 is 22.9 Å². The number of halogens is 1. The zero-order valence-corrected chi connectivity index (χ0v) is 15.7. The van der Waals surface area contributed by atoms with Crippen LogP contribution < -0.4 is 5.32 Å². The first kappa shape index (κ1) is 17.5. The minimum absolute atomic E-state index is 0.115. The van der Waals surface area contributed by atoms with Crippen molar-refractivity contribution in [1.82, 2.24) is 20.1 Å². The molecule has 0 spiro atoms. The quantitative estimate of drug-likeness (QED) is 0.539. The molecule has 4 rings (SSSR count). The minimum atomic E-state index is -0.115. The van der Waals surface area contributed by atoms with Crippen molar-refractivity contribution in [2.45, 2.75) is 6.54 Å². The molecule has 1 aromatic carbocycles. The van der Waals surface area contributed by atoms with E-state index in [1.54, 1.807) is 17.1 Å². The topological polar surface area (TPSA) is 59.8 Å². The van der Waals surface area contributed by atoms with Crippen LogP contribution in [0.25, 0.3) is 16.3 Å². The molecule has 0 aliphatic rings. The van der Waals surface area contributed by atoms with E-state index in [4.69, 9.17) is 11.6 Å². The molecule has 134 valence electrons. The predicted molar refractivity (Wildman–Crippen MR) is 107 cm³/mol. The lowest BCUT2D eigenvalue weighted by atomic mass is 10.2. The van der Waals surface area contributed by atoms with Gasteiger partial charge < -0.3 is 5.32 Å². The zero-order valence-electron chi connectivity index (χ0n) is 14.2. The Kier molecular flexibility index (Phi) is 5.00. The largest absolute Gasteiger partial charge is 0.347 e. The first-order chi connectivity index (χ1) is 13.2. The van der Waals surface area contributed by atoms with E-state index >= 15 is 0 Å². The summed E-state index contributed by atoms with van der Waals surface area (Å²) < 4.78 is 1.69. The Labute approximate surface area is 165 Å². The summed E-state index contributed by atoms with van der Waals surface area (Å²) in [5, 5.41) is 7.86. The fraction of sp³-hybridized carbons (Fsp3) is 0.0500. The van der Waals surface area contributed by atoms with Gasteiger partial charge in [0.15, 0.2) is 5.82 Å². The van der Waals surface area contributed by atoms with Gasteiger partial charge in [-0.3, -0.25) is 4.79 Å². The van der Waals surface area contributed by atoms with Crippen LogP contribution in [0.4, 0.5) is 0 Å². The van der Waals surface area contributed by atoms with Crippen molar-refractivity contribution in [2.24, 2.45) is 0 Å². The summed E-state index contributed by atoms with van der Waals surface area (Å²) in [6.45, 7) is 0.371. The number of nitrogens with zero attached hydrogens (tertiary/aromatic N) is 3. The van der Waals surface area contributed by atoms with Crippen LogP contribution in [0.5, 0.6) is 0 Å². The van der Waals surface area contributed by atoms with Crippen LogP contribution in [-0.4, -0.2) is 20.7 Å². The highest BCUT2D eigenvalue weighted by atomic mass is 35.5. The standard InChI is InChI=1S/C20H15ClN4OS/c21-16-6-4-14(5-7-16)17-8-9-18(27-17)20(26)23-13-15-3-1-10-22-19(15)25-12-2-11-24-25/h1-12H,13H2,(H,23,26). The molecule has 1 amide bonds. The molecule has 0 fully saturated rings. The molecule has 4 aromatic rings. The molecule has 0 saturated carbocycles. The molecule has 0 bridgehead atoms. The molecule has 0 aliphatic heterocycles. The first-order valence-corrected chi connectivity index (χ1v) is 9.48. The smallest absolute Gasteiger partial charge is 0.261 e. The van der Waals surface area contributed by atoms with Gasteiger partial charge in [0.2, 0.25) is 0 Å². The average molecular weight is 395 g/mol. The number of rotatable bonds is 5. The highest BCUT2D eigenvalue weighted by molar-refractivity contribution is 7.17. The van der Waals surface area contributed by atoms with Gasteiger partial charge in [-0.25, -0.2) is 9.67 Å². The molecule has 5 nitrogen and oxygen atoms in total. The van der Waals surface area contributed by atoms with Crippen molar-refractivity contribution in [1.29, 1.82) is 0 Å². The third kappa shape index (κ3) is 3.92. The van der Waals surface area contributed by atoms with Crippen LogP contribution in [0.1, 0.15) is 15.2 Å². The van der Waals surface area contributed by atoms with Gasteiger partial charge in [0.25, 0.3) is 5.91 Å². The predicted octanol–water partition coefficient (Wildman–Crippen LogP) is 4.58. The number of thiophene rings is 1. The van der Waals surface area contributed by atoms with E-state index in [-0.39, 0.29) is 5.91 Å². The number of nitrogens with one attached hydrogen (secondary N) is 1. The molecular weight excluding hydrogens is 380 g/mol. The normalized spacial score (nSPS) is 10.7. The first-order valence-electron chi connectivity index (χ1n) is 8.28. The maximum Gasteiger partial charge on any atom is 0.261 e.